The Morgan fingerprint density at radius 3 is 2.92 bits per heavy atom. The molecule has 2 N–H and O–H groups in total. The highest BCUT2D eigenvalue weighted by Crippen LogP contribution is 2.09. The molecule has 0 aliphatic rings. The average Bonchev–Trinajstić information content (AvgIpc) is 2.14. The second kappa shape index (κ2) is 5.14. The molecular weight excluding hydrogens is 182 g/mol. The highest BCUT2D eigenvalue weighted by Gasteiger charge is 1.99. The first-order valence-corrected chi connectivity index (χ1v) is 4.95. The first-order chi connectivity index (χ1) is 6.22. The molecule has 1 unspecified atom stereocenters. The Balaban J connectivity index is 2.45. The predicted molar refractivity (Wildman–Crippen MR) is 59.5 cm³/mol. The number of nitrogens with one attached hydrogen (secondary N) is 1. The molecule has 0 aliphatic heterocycles. The van der Waals surface area contributed by atoms with Crippen molar-refractivity contribution in [1.82, 2.24) is 0 Å². The zero-order valence-corrected chi connectivity index (χ0v) is 8.59. The van der Waals surface area contributed by atoms with E-state index in [1.807, 2.05) is 31.2 Å². The van der Waals surface area contributed by atoms with Crippen molar-refractivity contribution in [3.05, 3.63) is 29.8 Å². The highest BCUT2D eigenvalue weighted by molar-refractivity contribution is 7.80. The second-order valence-electron chi connectivity index (χ2n) is 3.09. The van der Waals surface area contributed by atoms with Gasteiger partial charge in [-0.2, -0.15) is 12.6 Å². The number of hydrogen-bond acceptors (Lipinski definition) is 3. The maximum absolute atomic E-state index is 9.25. The Hall–Kier alpha value is -0.670. The normalized spacial score (nSPS) is 12.5. The largest absolute Gasteiger partial charge is 0.390 e. The monoisotopic (exact) mass is 197 g/mol. The Kier molecular flexibility index (Phi) is 4.12. The zero-order valence-electron chi connectivity index (χ0n) is 7.70. The summed E-state index contributed by atoms with van der Waals surface area (Å²) in [4.78, 5) is 0. The van der Waals surface area contributed by atoms with Crippen LogP contribution in [0, 0.1) is 6.92 Å². The first-order valence-electron chi connectivity index (χ1n) is 4.32. The van der Waals surface area contributed by atoms with Gasteiger partial charge >= 0.3 is 0 Å². The topological polar surface area (TPSA) is 32.3 Å². The molecule has 0 bridgehead atoms. The van der Waals surface area contributed by atoms with Gasteiger partial charge in [-0.1, -0.05) is 12.1 Å². The van der Waals surface area contributed by atoms with E-state index in [0.717, 1.165) is 5.69 Å². The van der Waals surface area contributed by atoms with E-state index in [9.17, 15) is 5.11 Å². The Morgan fingerprint density at radius 2 is 2.31 bits per heavy atom. The van der Waals surface area contributed by atoms with Crippen LogP contribution in [0.4, 0.5) is 5.69 Å². The van der Waals surface area contributed by atoms with Crippen molar-refractivity contribution in [2.24, 2.45) is 0 Å². The minimum Gasteiger partial charge on any atom is -0.390 e. The molecule has 2 nitrogen and oxygen atoms in total. The summed E-state index contributed by atoms with van der Waals surface area (Å²) in [5, 5.41) is 12.4. The third kappa shape index (κ3) is 3.70. The van der Waals surface area contributed by atoms with Crippen LogP contribution in [0.3, 0.4) is 0 Å². The van der Waals surface area contributed by atoms with Crippen LogP contribution in [0.2, 0.25) is 0 Å². The van der Waals surface area contributed by atoms with Crippen molar-refractivity contribution in [2.45, 2.75) is 13.0 Å². The molecule has 0 aromatic heterocycles. The summed E-state index contributed by atoms with van der Waals surface area (Å²) >= 11 is 3.99. The van der Waals surface area contributed by atoms with Crippen molar-refractivity contribution < 1.29 is 5.11 Å². The SMILES string of the molecule is Cc1cccc(NCC(O)CS)c1. The number of benzene rings is 1. The van der Waals surface area contributed by atoms with Gasteiger partial charge in [-0.15, -0.1) is 0 Å². The van der Waals surface area contributed by atoms with E-state index in [4.69, 9.17) is 0 Å². The third-order valence-electron chi connectivity index (χ3n) is 1.77. The van der Waals surface area contributed by atoms with E-state index in [1.165, 1.54) is 5.56 Å². The number of hydrogen-bond donors (Lipinski definition) is 3. The van der Waals surface area contributed by atoms with Gasteiger partial charge in [0, 0.05) is 18.0 Å². The van der Waals surface area contributed by atoms with Crippen molar-refractivity contribution in [2.75, 3.05) is 17.6 Å². The lowest BCUT2D eigenvalue weighted by Gasteiger charge is -2.10. The number of anilines is 1. The summed E-state index contributed by atoms with van der Waals surface area (Å²) in [6.45, 7) is 2.59. The molecule has 1 aromatic carbocycles. The summed E-state index contributed by atoms with van der Waals surface area (Å²) in [5.41, 5.74) is 2.26. The van der Waals surface area contributed by atoms with E-state index in [-0.39, 0.29) is 6.10 Å². The van der Waals surface area contributed by atoms with Crippen molar-refractivity contribution in [1.29, 1.82) is 0 Å². The summed E-state index contributed by atoms with van der Waals surface area (Å²) in [7, 11) is 0. The number of aliphatic hydroxyl groups excluding tert-OH is 1. The van der Waals surface area contributed by atoms with E-state index >= 15 is 0 Å². The molecule has 3 heteroatoms. The maximum atomic E-state index is 9.25. The molecule has 13 heavy (non-hydrogen) atoms. The predicted octanol–water partition coefficient (Wildman–Crippen LogP) is 1.70. The molecule has 0 amide bonds. The fourth-order valence-electron chi connectivity index (χ4n) is 1.06. The zero-order chi connectivity index (χ0) is 9.68. The number of aliphatic hydroxyl groups is 1. The van der Waals surface area contributed by atoms with Crippen LogP contribution >= 0.6 is 12.6 Å². The minimum absolute atomic E-state index is 0.385. The Morgan fingerprint density at radius 1 is 1.54 bits per heavy atom. The fraction of sp³-hybridized carbons (Fsp3) is 0.400. The molecule has 1 aromatic rings. The smallest absolute Gasteiger partial charge is 0.0800 e. The molecule has 1 atom stereocenters. The molecule has 72 valence electrons. The summed E-state index contributed by atoms with van der Waals surface area (Å²) in [6, 6.07) is 8.06. The highest BCUT2D eigenvalue weighted by atomic mass is 32.1. The summed E-state index contributed by atoms with van der Waals surface area (Å²) < 4.78 is 0. The van der Waals surface area contributed by atoms with Crippen LogP contribution in [0.25, 0.3) is 0 Å². The van der Waals surface area contributed by atoms with Crippen LogP contribution in [0.15, 0.2) is 24.3 Å². The molecular formula is C10H15NOS. The molecule has 0 saturated heterocycles. The third-order valence-corrected chi connectivity index (χ3v) is 2.19. The van der Waals surface area contributed by atoms with Crippen LogP contribution in [-0.2, 0) is 0 Å². The maximum Gasteiger partial charge on any atom is 0.0800 e. The standard InChI is InChI=1S/C10H15NOS/c1-8-3-2-4-9(5-8)11-6-10(12)7-13/h2-5,10-13H,6-7H2,1H3. The van der Waals surface area contributed by atoms with Crippen molar-refractivity contribution in [3.63, 3.8) is 0 Å². The van der Waals surface area contributed by atoms with Gasteiger partial charge in [0.05, 0.1) is 6.10 Å². The number of thiol groups is 1. The second-order valence-corrected chi connectivity index (χ2v) is 3.45. The van der Waals surface area contributed by atoms with Gasteiger partial charge in [0.1, 0.15) is 0 Å². The van der Waals surface area contributed by atoms with Crippen molar-refractivity contribution in [3.8, 4) is 0 Å². The minimum atomic E-state index is -0.385. The van der Waals surface area contributed by atoms with Gasteiger partial charge in [-0.25, -0.2) is 0 Å². The molecule has 0 heterocycles. The fourth-order valence-corrected chi connectivity index (χ4v) is 1.18. The number of rotatable bonds is 4. The Bertz CT molecular complexity index is 265. The quantitative estimate of drug-likeness (QED) is 0.642. The average molecular weight is 197 g/mol. The Labute approximate surface area is 84.4 Å². The van der Waals surface area contributed by atoms with E-state index < -0.39 is 0 Å². The molecule has 1 rings (SSSR count). The van der Waals surface area contributed by atoms with Crippen molar-refractivity contribution >= 4 is 18.3 Å². The molecule has 0 radical (unpaired) electrons. The van der Waals surface area contributed by atoms with E-state index in [1.54, 1.807) is 0 Å². The van der Waals surface area contributed by atoms with E-state index in [0.29, 0.717) is 12.3 Å². The summed E-state index contributed by atoms with van der Waals surface area (Å²) in [5.74, 6) is 0.485. The lowest BCUT2D eigenvalue weighted by Crippen LogP contribution is -2.20. The lowest BCUT2D eigenvalue weighted by atomic mass is 10.2. The molecule has 0 fully saturated rings. The number of aryl methyl sites for hydroxylation is 1. The van der Waals surface area contributed by atoms with Crippen LogP contribution in [-0.4, -0.2) is 23.5 Å². The van der Waals surface area contributed by atoms with Gasteiger partial charge in [0.15, 0.2) is 0 Å². The molecule has 0 aliphatic carbocycles. The van der Waals surface area contributed by atoms with Gasteiger partial charge in [-0.3, -0.25) is 0 Å². The van der Waals surface area contributed by atoms with Gasteiger partial charge in [0.25, 0.3) is 0 Å². The van der Waals surface area contributed by atoms with Crippen LogP contribution in [0.1, 0.15) is 5.56 Å². The van der Waals surface area contributed by atoms with E-state index in [2.05, 4.69) is 17.9 Å². The van der Waals surface area contributed by atoms with Crippen LogP contribution in [0.5, 0.6) is 0 Å². The van der Waals surface area contributed by atoms with Gasteiger partial charge in [-0.05, 0) is 24.6 Å². The van der Waals surface area contributed by atoms with Gasteiger partial charge in [0.2, 0.25) is 0 Å². The van der Waals surface area contributed by atoms with Gasteiger partial charge < -0.3 is 10.4 Å². The van der Waals surface area contributed by atoms with Crippen LogP contribution < -0.4 is 5.32 Å². The first kappa shape index (κ1) is 10.4. The molecule has 0 spiro atoms. The molecule has 0 saturated carbocycles. The lowest BCUT2D eigenvalue weighted by molar-refractivity contribution is 0.213. The summed E-state index contributed by atoms with van der Waals surface area (Å²) in [6.07, 6.45) is -0.385.